The Morgan fingerprint density at radius 2 is 1.48 bits per heavy atom. The molecule has 25 heavy (non-hydrogen) atoms. The minimum absolute atomic E-state index is 0.00572. The summed E-state index contributed by atoms with van der Waals surface area (Å²) in [7, 11) is 0. The first-order valence-electron chi connectivity index (χ1n) is 8.81. The number of benzene rings is 2. The van der Waals surface area contributed by atoms with Gasteiger partial charge in [0.15, 0.2) is 0 Å². The third-order valence-electron chi connectivity index (χ3n) is 4.44. The van der Waals surface area contributed by atoms with E-state index in [0.717, 1.165) is 32.7 Å². The van der Waals surface area contributed by atoms with Gasteiger partial charge in [-0.2, -0.15) is 0 Å². The van der Waals surface area contributed by atoms with Gasteiger partial charge in [-0.3, -0.25) is 14.6 Å². The van der Waals surface area contributed by atoms with Crippen LogP contribution in [0.1, 0.15) is 15.9 Å². The molecule has 1 fully saturated rings. The fourth-order valence-electron chi connectivity index (χ4n) is 2.91. The first-order valence-corrected chi connectivity index (χ1v) is 8.81. The van der Waals surface area contributed by atoms with Crippen molar-refractivity contribution >= 4 is 12.0 Å². The molecule has 1 aliphatic rings. The summed E-state index contributed by atoms with van der Waals surface area (Å²) in [5, 5.41) is 3.00. The Balaban J connectivity index is 1.36. The highest BCUT2D eigenvalue weighted by Crippen LogP contribution is 2.04. The topological polar surface area (TPSA) is 35.6 Å². The van der Waals surface area contributed by atoms with Crippen LogP contribution in [-0.2, 0) is 0 Å². The second-order valence-corrected chi connectivity index (χ2v) is 6.26. The number of amides is 1. The molecular weight excluding hydrogens is 310 g/mol. The normalized spacial score (nSPS) is 16.2. The quantitative estimate of drug-likeness (QED) is 0.882. The highest BCUT2D eigenvalue weighted by atomic mass is 16.1. The molecule has 2 aromatic carbocycles. The molecule has 3 rings (SSSR count). The van der Waals surface area contributed by atoms with Crippen molar-refractivity contribution in [1.29, 1.82) is 0 Å². The molecule has 1 N–H and O–H groups in total. The number of hydrogen-bond acceptors (Lipinski definition) is 3. The zero-order chi connectivity index (χ0) is 17.3. The van der Waals surface area contributed by atoms with Crippen molar-refractivity contribution in [2.24, 2.45) is 0 Å². The van der Waals surface area contributed by atoms with Gasteiger partial charge in [0.2, 0.25) is 0 Å². The molecule has 4 heteroatoms. The Morgan fingerprint density at radius 1 is 0.880 bits per heavy atom. The lowest BCUT2D eigenvalue weighted by molar-refractivity contribution is 0.0881. The highest BCUT2D eigenvalue weighted by molar-refractivity contribution is 5.94. The zero-order valence-corrected chi connectivity index (χ0v) is 14.5. The Morgan fingerprint density at radius 3 is 2.16 bits per heavy atom. The summed E-state index contributed by atoms with van der Waals surface area (Å²) in [6, 6.07) is 19.7. The molecule has 1 aliphatic heterocycles. The number of piperazine rings is 1. The van der Waals surface area contributed by atoms with Gasteiger partial charge in [0.25, 0.3) is 5.91 Å². The lowest BCUT2D eigenvalue weighted by atomic mass is 10.2. The molecule has 1 heterocycles. The van der Waals surface area contributed by atoms with E-state index >= 15 is 0 Å². The SMILES string of the molecule is O=C(NCN1CCN(C/C=C/c2ccccc2)CC1)c1ccccc1. The Labute approximate surface area is 149 Å². The van der Waals surface area contributed by atoms with Gasteiger partial charge in [-0.25, -0.2) is 0 Å². The summed E-state index contributed by atoms with van der Waals surface area (Å²) in [6.45, 7) is 5.60. The maximum absolute atomic E-state index is 12.1. The minimum atomic E-state index is -0.00572. The van der Waals surface area contributed by atoms with E-state index in [2.05, 4.69) is 51.5 Å². The lowest BCUT2D eigenvalue weighted by Gasteiger charge is -2.34. The molecule has 1 saturated heterocycles. The fraction of sp³-hybridized carbons (Fsp3) is 0.286. The maximum atomic E-state index is 12.1. The van der Waals surface area contributed by atoms with Gasteiger partial charge >= 0.3 is 0 Å². The van der Waals surface area contributed by atoms with Crippen molar-refractivity contribution in [2.45, 2.75) is 0 Å². The van der Waals surface area contributed by atoms with Gasteiger partial charge in [0, 0.05) is 38.3 Å². The predicted molar refractivity (Wildman–Crippen MR) is 102 cm³/mol. The fourth-order valence-corrected chi connectivity index (χ4v) is 2.91. The molecule has 4 nitrogen and oxygen atoms in total. The van der Waals surface area contributed by atoms with E-state index in [1.807, 2.05) is 36.4 Å². The van der Waals surface area contributed by atoms with Crippen LogP contribution in [0.4, 0.5) is 0 Å². The summed E-state index contributed by atoms with van der Waals surface area (Å²) in [4.78, 5) is 16.8. The van der Waals surface area contributed by atoms with Gasteiger partial charge in [-0.1, -0.05) is 60.7 Å². The molecule has 0 saturated carbocycles. The average Bonchev–Trinajstić information content (AvgIpc) is 2.68. The van der Waals surface area contributed by atoms with Crippen LogP contribution in [0.2, 0.25) is 0 Å². The van der Waals surface area contributed by atoms with Crippen LogP contribution in [0.15, 0.2) is 66.7 Å². The second kappa shape index (κ2) is 9.16. The van der Waals surface area contributed by atoms with Crippen LogP contribution in [0, 0.1) is 0 Å². The van der Waals surface area contributed by atoms with E-state index in [4.69, 9.17) is 0 Å². The van der Waals surface area contributed by atoms with E-state index < -0.39 is 0 Å². The molecule has 1 amide bonds. The summed E-state index contributed by atoms with van der Waals surface area (Å²) in [6.07, 6.45) is 4.40. The van der Waals surface area contributed by atoms with Gasteiger partial charge in [0.1, 0.15) is 0 Å². The molecule has 0 aromatic heterocycles. The number of rotatable bonds is 6. The van der Waals surface area contributed by atoms with E-state index in [9.17, 15) is 4.79 Å². The van der Waals surface area contributed by atoms with Crippen LogP contribution in [0.5, 0.6) is 0 Å². The highest BCUT2D eigenvalue weighted by Gasteiger charge is 2.16. The van der Waals surface area contributed by atoms with Crippen molar-refractivity contribution < 1.29 is 4.79 Å². The van der Waals surface area contributed by atoms with Crippen LogP contribution in [-0.4, -0.2) is 55.1 Å². The van der Waals surface area contributed by atoms with Crippen LogP contribution in [0.25, 0.3) is 6.08 Å². The average molecular weight is 335 g/mol. The van der Waals surface area contributed by atoms with Gasteiger partial charge < -0.3 is 5.32 Å². The van der Waals surface area contributed by atoms with Gasteiger partial charge in [-0.05, 0) is 17.7 Å². The summed E-state index contributed by atoms with van der Waals surface area (Å²) >= 11 is 0. The minimum Gasteiger partial charge on any atom is -0.339 e. The van der Waals surface area contributed by atoms with E-state index in [0.29, 0.717) is 12.2 Å². The van der Waals surface area contributed by atoms with Crippen molar-refractivity contribution in [2.75, 3.05) is 39.4 Å². The molecule has 130 valence electrons. The largest absolute Gasteiger partial charge is 0.339 e. The van der Waals surface area contributed by atoms with Crippen LogP contribution in [0.3, 0.4) is 0 Å². The molecule has 0 bridgehead atoms. The van der Waals surface area contributed by atoms with E-state index in [1.54, 1.807) is 0 Å². The van der Waals surface area contributed by atoms with Crippen molar-refractivity contribution in [3.8, 4) is 0 Å². The van der Waals surface area contributed by atoms with E-state index in [-0.39, 0.29) is 5.91 Å². The molecule has 2 aromatic rings. The Hall–Kier alpha value is -2.43. The number of carbonyl (C=O) groups is 1. The summed E-state index contributed by atoms with van der Waals surface area (Å²) < 4.78 is 0. The van der Waals surface area contributed by atoms with Crippen LogP contribution >= 0.6 is 0 Å². The molecule has 0 radical (unpaired) electrons. The molecule has 0 aliphatic carbocycles. The summed E-state index contributed by atoms with van der Waals surface area (Å²) in [5.74, 6) is -0.00572. The monoisotopic (exact) mass is 335 g/mol. The maximum Gasteiger partial charge on any atom is 0.252 e. The number of nitrogens with zero attached hydrogens (tertiary/aromatic N) is 2. The predicted octanol–water partition coefficient (Wildman–Crippen LogP) is 2.70. The van der Waals surface area contributed by atoms with Gasteiger partial charge in [0.05, 0.1) is 6.67 Å². The lowest BCUT2D eigenvalue weighted by Crippen LogP contribution is -2.49. The Kier molecular flexibility index (Phi) is 6.37. The number of hydrogen-bond donors (Lipinski definition) is 1. The third-order valence-corrected chi connectivity index (χ3v) is 4.44. The molecule has 0 unspecified atom stereocenters. The first-order chi connectivity index (χ1) is 12.3. The molecule has 0 spiro atoms. The zero-order valence-electron chi connectivity index (χ0n) is 14.5. The molecule has 0 atom stereocenters. The summed E-state index contributed by atoms with van der Waals surface area (Å²) in [5.41, 5.74) is 1.96. The van der Waals surface area contributed by atoms with Gasteiger partial charge in [-0.15, -0.1) is 0 Å². The first kappa shape index (κ1) is 17.4. The van der Waals surface area contributed by atoms with Crippen LogP contribution < -0.4 is 5.32 Å². The number of carbonyl (C=O) groups excluding carboxylic acids is 1. The second-order valence-electron chi connectivity index (χ2n) is 6.26. The molecular formula is C21H25N3O. The smallest absolute Gasteiger partial charge is 0.252 e. The van der Waals surface area contributed by atoms with Crippen molar-refractivity contribution in [3.05, 3.63) is 77.9 Å². The third kappa shape index (κ3) is 5.55. The van der Waals surface area contributed by atoms with Crippen molar-refractivity contribution in [3.63, 3.8) is 0 Å². The van der Waals surface area contributed by atoms with Crippen molar-refractivity contribution in [1.82, 2.24) is 15.1 Å². The number of nitrogens with one attached hydrogen (secondary N) is 1. The van der Waals surface area contributed by atoms with E-state index in [1.165, 1.54) is 5.56 Å². The standard InChI is InChI=1S/C21H25N3O/c25-21(20-11-5-2-6-12-20)22-18-24-16-14-23(15-17-24)13-7-10-19-8-3-1-4-9-19/h1-12H,13-18H2,(H,22,25)/b10-7+. The Bertz CT molecular complexity index is 677.